The zero-order valence-corrected chi connectivity index (χ0v) is 18.5. The van der Waals surface area contributed by atoms with E-state index in [2.05, 4.69) is 0 Å². The van der Waals surface area contributed by atoms with Gasteiger partial charge in [-0.25, -0.2) is 13.2 Å². The molecular formula is C25H19F3N2O2S. The predicted molar refractivity (Wildman–Crippen MR) is 120 cm³/mol. The summed E-state index contributed by atoms with van der Waals surface area (Å²) in [5, 5.41) is 0. The Balaban J connectivity index is 1.60. The lowest BCUT2D eigenvalue weighted by molar-refractivity contribution is -0.123. The topological polar surface area (TPSA) is 40.6 Å². The highest BCUT2D eigenvalue weighted by Crippen LogP contribution is 2.55. The number of aryl methyl sites for hydroxylation is 1. The molecule has 1 fully saturated rings. The first kappa shape index (κ1) is 21.6. The molecule has 1 saturated heterocycles. The Morgan fingerprint density at radius 1 is 1.03 bits per heavy atom. The first-order chi connectivity index (χ1) is 15.8. The van der Waals surface area contributed by atoms with Crippen LogP contribution in [0, 0.1) is 24.4 Å². The van der Waals surface area contributed by atoms with Crippen LogP contribution in [0.25, 0.3) is 0 Å². The molecule has 8 heteroatoms. The van der Waals surface area contributed by atoms with Crippen molar-refractivity contribution in [1.29, 1.82) is 0 Å². The maximum Gasteiger partial charge on any atom is 0.268 e. The Bertz CT molecular complexity index is 1300. The molecule has 0 saturated carbocycles. The van der Waals surface area contributed by atoms with E-state index < -0.39 is 28.2 Å². The van der Waals surface area contributed by atoms with Crippen molar-refractivity contribution >= 4 is 29.3 Å². The molecule has 5 rings (SSSR count). The summed E-state index contributed by atoms with van der Waals surface area (Å²) in [4.78, 5) is 29.0. The van der Waals surface area contributed by atoms with Gasteiger partial charge in [0, 0.05) is 35.1 Å². The average Bonchev–Trinajstić information content (AvgIpc) is 3.32. The van der Waals surface area contributed by atoms with Crippen molar-refractivity contribution in [2.75, 3.05) is 17.2 Å². The molecule has 3 aromatic rings. The number of anilines is 1. The molecule has 0 unspecified atom stereocenters. The number of carbonyl (C=O) groups is 2. The summed E-state index contributed by atoms with van der Waals surface area (Å²) in [6, 6.07) is 14.1. The molecule has 2 amide bonds. The van der Waals surface area contributed by atoms with E-state index >= 15 is 0 Å². The molecule has 0 bridgehead atoms. The van der Waals surface area contributed by atoms with Crippen molar-refractivity contribution in [3.8, 4) is 0 Å². The third kappa shape index (κ3) is 3.40. The van der Waals surface area contributed by atoms with Crippen molar-refractivity contribution < 1.29 is 22.8 Å². The van der Waals surface area contributed by atoms with Crippen LogP contribution in [0.1, 0.15) is 27.0 Å². The van der Waals surface area contributed by atoms with Crippen molar-refractivity contribution in [3.05, 3.63) is 100 Å². The van der Waals surface area contributed by atoms with Gasteiger partial charge in [-0.15, -0.1) is 11.8 Å². The molecule has 2 aliphatic rings. The fourth-order valence-electron chi connectivity index (χ4n) is 4.48. The zero-order valence-electron chi connectivity index (χ0n) is 17.6. The van der Waals surface area contributed by atoms with Gasteiger partial charge in [-0.1, -0.05) is 29.8 Å². The SMILES string of the molecule is Cc1ccc2c(c1)[C@@]1(SCCN1C(=O)c1cccc(F)c1)C(=O)N2Cc1ccc(F)cc1F. The van der Waals surface area contributed by atoms with Gasteiger partial charge in [0.25, 0.3) is 11.8 Å². The van der Waals surface area contributed by atoms with Crippen molar-refractivity contribution in [1.82, 2.24) is 4.90 Å². The molecule has 0 N–H and O–H groups in total. The van der Waals surface area contributed by atoms with Crippen LogP contribution >= 0.6 is 11.8 Å². The number of amides is 2. The zero-order chi connectivity index (χ0) is 23.3. The second kappa shape index (κ2) is 7.95. The Kier molecular flexibility index (Phi) is 5.20. The molecule has 0 aromatic heterocycles. The number of halogens is 3. The normalized spacial score (nSPS) is 19.5. The van der Waals surface area contributed by atoms with Gasteiger partial charge in [0.1, 0.15) is 17.5 Å². The van der Waals surface area contributed by atoms with E-state index in [0.717, 1.165) is 23.8 Å². The van der Waals surface area contributed by atoms with E-state index in [1.54, 1.807) is 6.07 Å². The minimum Gasteiger partial charge on any atom is -0.311 e. The van der Waals surface area contributed by atoms with Crippen LogP contribution < -0.4 is 4.90 Å². The van der Waals surface area contributed by atoms with Crippen LogP contribution in [0.3, 0.4) is 0 Å². The summed E-state index contributed by atoms with van der Waals surface area (Å²) in [6.45, 7) is 2.09. The molecule has 0 aliphatic carbocycles. The average molecular weight is 469 g/mol. The molecule has 1 spiro atoms. The fraction of sp³-hybridized carbons (Fsp3) is 0.200. The molecule has 2 heterocycles. The molecule has 33 heavy (non-hydrogen) atoms. The van der Waals surface area contributed by atoms with E-state index in [4.69, 9.17) is 0 Å². The second-order valence-electron chi connectivity index (χ2n) is 8.11. The van der Waals surface area contributed by atoms with Gasteiger partial charge in [0.15, 0.2) is 4.87 Å². The number of hydrogen-bond donors (Lipinski definition) is 0. The lowest BCUT2D eigenvalue weighted by Crippen LogP contribution is -2.50. The fourth-order valence-corrected chi connectivity index (χ4v) is 5.94. The standard InChI is InChI=1S/C25H19F3N2O2S/c1-15-5-8-22-20(11-15)25(24(32)29(22)14-17-6-7-19(27)13-21(17)28)30(9-10-33-25)23(31)16-3-2-4-18(26)12-16/h2-8,11-13H,9-10,14H2,1H3/t25-/m1/s1. The Morgan fingerprint density at radius 2 is 1.82 bits per heavy atom. The van der Waals surface area contributed by atoms with E-state index in [1.807, 2.05) is 19.1 Å². The van der Waals surface area contributed by atoms with Gasteiger partial charge in [-0.3, -0.25) is 9.59 Å². The van der Waals surface area contributed by atoms with Crippen LogP contribution in [0.5, 0.6) is 0 Å². The smallest absolute Gasteiger partial charge is 0.268 e. The van der Waals surface area contributed by atoms with Crippen molar-refractivity contribution in [2.24, 2.45) is 0 Å². The van der Waals surface area contributed by atoms with Gasteiger partial charge in [0.05, 0.1) is 12.2 Å². The first-order valence-electron chi connectivity index (χ1n) is 10.4. The second-order valence-corrected chi connectivity index (χ2v) is 9.39. The maximum absolute atomic E-state index is 14.4. The molecule has 0 radical (unpaired) electrons. The van der Waals surface area contributed by atoms with Crippen LogP contribution in [-0.2, 0) is 16.2 Å². The van der Waals surface area contributed by atoms with Crippen LogP contribution in [0.2, 0.25) is 0 Å². The van der Waals surface area contributed by atoms with Crippen molar-refractivity contribution in [2.45, 2.75) is 18.3 Å². The highest BCUT2D eigenvalue weighted by atomic mass is 32.2. The van der Waals surface area contributed by atoms with Gasteiger partial charge < -0.3 is 9.80 Å². The van der Waals surface area contributed by atoms with Crippen LogP contribution in [-0.4, -0.2) is 29.0 Å². The molecule has 168 valence electrons. The first-order valence-corrected chi connectivity index (χ1v) is 11.4. The number of thioether (sulfide) groups is 1. The number of fused-ring (bicyclic) bond motifs is 2. The molecule has 3 aromatic carbocycles. The Labute approximate surface area is 193 Å². The van der Waals surface area contributed by atoms with Gasteiger partial charge >= 0.3 is 0 Å². The van der Waals surface area contributed by atoms with Gasteiger partial charge in [0.2, 0.25) is 0 Å². The van der Waals surface area contributed by atoms with E-state index in [1.165, 1.54) is 45.8 Å². The minimum atomic E-state index is -1.33. The summed E-state index contributed by atoms with van der Waals surface area (Å²) < 4.78 is 41.6. The highest BCUT2D eigenvalue weighted by Gasteiger charge is 2.59. The van der Waals surface area contributed by atoms with Crippen LogP contribution in [0.15, 0.2) is 60.7 Å². The summed E-state index contributed by atoms with van der Waals surface area (Å²) in [5.41, 5.74) is 2.44. The third-order valence-electron chi connectivity index (χ3n) is 6.01. The van der Waals surface area contributed by atoms with Gasteiger partial charge in [-0.2, -0.15) is 0 Å². The van der Waals surface area contributed by atoms with Crippen molar-refractivity contribution in [3.63, 3.8) is 0 Å². The largest absolute Gasteiger partial charge is 0.311 e. The number of benzene rings is 3. The summed E-state index contributed by atoms with van der Waals surface area (Å²) in [6.07, 6.45) is 0. The Morgan fingerprint density at radius 3 is 2.58 bits per heavy atom. The monoisotopic (exact) mass is 468 g/mol. The predicted octanol–water partition coefficient (Wildman–Crippen LogP) is 5.00. The highest BCUT2D eigenvalue weighted by molar-refractivity contribution is 8.01. The third-order valence-corrected chi connectivity index (χ3v) is 7.43. The Hall–Kier alpha value is -3.26. The number of rotatable bonds is 3. The molecular weight excluding hydrogens is 449 g/mol. The van der Waals surface area contributed by atoms with E-state index in [-0.39, 0.29) is 23.6 Å². The number of nitrogens with zero attached hydrogens (tertiary/aromatic N) is 2. The van der Waals surface area contributed by atoms with E-state index in [9.17, 15) is 22.8 Å². The molecule has 2 aliphatic heterocycles. The molecule has 1 atom stereocenters. The van der Waals surface area contributed by atoms with Crippen LogP contribution in [0.4, 0.5) is 18.9 Å². The quantitative estimate of drug-likeness (QED) is 0.543. The lowest BCUT2D eigenvalue weighted by atomic mass is 10.0. The summed E-state index contributed by atoms with van der Waals surface area (Å²) in [7, 11) is 0. The minimum absolute atomic E-state index is 0.106. The number of carbonyl (C=O) groups excluding carboxylic acids is 2. The maximum atomic E-state index is 14.4. The lowest BCUT2D eigenvalue weighted by Gasteiger charge is -2.33. The summed E-state index contributed by atoms with van der Waals surface area (Å²) in [5.74, 6) is -2.30. The summed E-state index contributed by atoms with van der Waals surface area (Å²) >= 11 is 1.33. The van der Waals surface area contributed by atoms with Gasteiger partial charge in [-0.05, 0) is 37.3 Å². The molecule has 4 nitrogen and oxygen atoms in total. The van der Waals surface area contributed by atoms with E-state index in [0.29, 0.717) is 23.5 Å². The number of hydrogen-bond acceptors (Lipinski definition) is 3.